The fraction of sp³-hybridized carbons (Fsp3) is 0.917. The highest BCUT2D eigenvalue weighted by molar-refractivity contribution is 5.81. The molecule has 0 aromatic heterocycles. The second-order valence-corrected chi connectivity index (χ2v) is 5.30. The Balaban J connectivity index is 1.76. The molecule has 2 aliphatic heterocycles. The summed E-state index contributed by atoms with van der Waals surface area (Å²) in [6.07, 6.45) is 0. The third-order valence-corrected chi connectivity index (χ3v) is 3.90. The first-order chi connectivity index (χ1) is 8.09. The highest BCUT2D eigenvalue weighted by atomic mass is 16.2. The van der Waals surface area contributed by atoms with Gasteiger partial charge in [-0.2, -0.15) is 0 Å². The van der Waals surface area contributed by atoms with Crippen molar-refractivity contribution in [2.24, 2.45) is 0 Å². The molecule has 2 aliphatic rings. The van der Waals surface area contributed by atoms with Gasteiger partial charge in [0.05, 0.1) is 6.04 Å². The van der Waals surface area contributed by atoms with Crippen LogP contribution in [0.3, 0.4) is 0 Å². The molecule has 17 heavy (non-hydrogen) atoms. The lowest BCUT2D eigenvalue weighted by atomic mass is 10.0. The molecule has 0 aromatic carbocycles. The Labute approximate surface area is 104 Å². The van der Waals surface area contributed by atoms with Crippen LogP contribution in [0.15, 0.2) is 0 Å². The fourth-order valence-corrected chi connectivity index (χ4v) is 2.61. The predicted octanol–water partition coefficient (Wildman–Crippen LogP) is -0.947. The van der Waals surface area contributed by atoms with Crippen molar-refractivity contribution in [2.45, 2.75) is 19.0 Å². The second kappa shape index (κ2) is 5.33. The first-order valence-electron chi connectivity index (χ1n) is 6.49. The number of nitrogens with one attached hydrogen (secondary N) is 1. The molecule has 1 unspecified atom stereocenters. The zero-order valence-electron chi connectivity index (χ0n) is 11.1. The molecule has 2 saturated heterocycles. The average molecular weight is 240 g/mol. The summed E-state index contributed by atoms with van der Waals surface area (Å²) in [5.41, 5.74) is 0. The van der Waals surface area contributed by atoms with Crippen molar-refractivity contribution in [1.82, 2.24) is 20.0 Å². The Bertz CT molecular complexity index is 270. The Morgan fingerprint density at radius 3 is 2.41 bits per heavy atom. The maximum atomic E-state index is 11.8. The fourth-order valence-electron chi connectivity index (χ4n) is 2.61. The topological polar surface area (TPSA) is 38.8 Å². The van der Waals surface area contributed by atoms with E-state index in [1.54, 1.807) is 4.90 Å². The molecule has 0 aromatic rings. The number of amides is 1. The minimum atomic E-state index is 0.0316. The van der Waals surface area contributed by atoms with Crippen molar-refractivity contribution >= 4 is 5.91 Å². The van der Waals surface area contributed by atoms with E-state index < -0.39 is 0 Å². The van der Waals surface area contributed by atoms with E-state index in [-0.39, 0.29) is 11.9 Å². The molecule has 0 bridgehead atoms. The minimum absolute atomic E-state index is 0.0316. The van der Waals surface area contributed by atoms with Crippen LogP contribution in [0.4, 0.5) is 0 Å². The summed E-state index contributed by atoms with van der Waals surface area (Å²) >= 11 is 0. The quantitative estimate of drug-likeness (QED) is 0.690. The normalized spacial score (nSPS) is 25.4. The van der Waals surface area contributed by atoms with Crippen molar-refractivity contribution in [2.75, 3.05) is 53.4 Å². The van der Waals surface area contributed by atoms with Crippen LogP contribution in [0.2, 0.25) is 0 Å². The first kappa shape index (κ1) is 12.8. The number of likely N-dealkylation sites (N-methyl/N-ethyl adjacent to an activating group) is 1. The molecule has 1 amide bonds. The van der Waals surface area contributed by atoms with Crippen LogP contribution in [0, 0.1) is 0 Å². The molecule has 0 aliphatic carbocycles. The van der Waals surface area contributed by atoms with Gasteiger partial charge in [-0.25, -0.2) is 0 Å². The molecule has 98 valence electrons. The van der Waals surface area contributed by atoms with Gasteiger partial charge in [0.2, 0.25) is 5.91 Å². The standard InChI is InChI=1S/C12H24N4O/c1-10(12(17)14(2)3)16-8-11(9-16)15-6-4-13-5-7-15/h10-11,13H,4-9H2,1-3H3. The molecule has 2 heterocycles. The van der Waals surface area contributed by atoms with Crippen LogP contribution < -0.4 is 5.32 Å². The number of rotatable bonds is 3. The molecule has 1 N–H and O–H groups in total. The number of nitrogens with zero attached hydrogens (tertiary/aromatic N) is 3. The summed E-state index contributed by atoms with van der Waals surface area (Å²) in [7, 11) is 3.65. The van der Waals surface area contributed by atoms with Crippen LogP contribution >= 0.6 is 0 Å². The molecule has 0 radical (unpaired) electrons. The summed E-state index contributed by atoms with van der Waals surface area (Å²) in [6, 6.07) is 0.693. The van der Waals surface area contributed by atoms with E-state index in [1.807, 2.05) is 21.0 Å². The van der Waals surface area contributed by atoms with Crippen molar-refractivity contribution in [1.29, 1.82) is 0 Å². The van der Waals surface area contributed by atoms with Crippen LogP contribution in [0.5, 0.6) is 0 Å². The van der Waals surface area contributed by atoms with Gasteiger partial charge in [0.15, 0.2) is 0 Å². The highest BCUT2D eigenvalue weighted by Gasteiger charge is 2.37. The molecule has 1 atom stereocenters. The van der Waals surface area contributed by atoms with Crippen LogP contribution in [-0.2, 0) is 4.79 Å². The molecule has 5 nitrogen and oxygen atoms in total. The van der Waals surface area contributed by atoms with Crippen molar-refractivity contribution in [3.63, 3.8) is 0 Å². The van der Waals surface area contributed by atoms with Gasteiger partial charge in [-0.1, -0.05) is 0 Å². The van der Waals surface area contributed by atoms with Crippen molar-refractivity contribution in [3.8, 4) is 0 Å². The number of piperazine rings is 1. The monoisotopic (exact) mass is 240 g/mol. The largest absolute Gasteiger partial charge is 0.347 e. The second-order valence-electron chi connectivity index (χ2n) is 5.30. The third kappa shape index (κ3) is 2.78. The molecular formula is C12H24N4O. The van der Waals surface area contributed by atoms with Gasteiger partial charge in [-0.05, 0) is 6.92 Å². The van der Waals surface area contributed by atoms with E-state index in [4.69, 9.17) is 0 Å². The predicted molar refractivity (Wildman–Crippen MR) is 68.0 cm³/mol. The van der Waals surface area contributed by atoms with Gasteiger partial charge >= 0.3 is 0 Å². The zero-order chi connectivity index (χ0) is 12.4. The lowest BCUT2D eigenvalue weighted by Gasteiger charge is -2.49. The number of hydrogen-bond acceptors (Lipinski definition) is 4. The molecule has 2 fully saturated rings. The summed E-state index contributed by atoms with van der Waals surface area (Å²) in [6.45, 7) is 8.59. The highest BCUT2D eigenvalue weighted by Crippen LogP contribution is 2.18. The van der Waals surface area contributed by atoms with Crippen LogP contribution in [0.25, 0.3) is 0 Å². The number of carbonyl (C=O) groups is 1. The summed E-state index contributed by atoms with van der Waals surface area (Å²) in [5, 5.41) is 3.37. The molecule has 5 heteroatoms. The third-order valence-electron chi connectivity index (χ3n) is 3.90. The first-order valence-corrected chi connectivity index (χ1v) is 6.49. The Hall–Kier alpha value is -0.650. The van der Waals surface area contributed by atoms with E-state index in [1.165, 1.54) is 0 Å². The molecular weight excluding hydrogens is 216 g/mol. The Kier molecular flexibility index (Phi) is 4.01. The maximum absolute atomic E-state index is 11.8. The summed E-state index contributed by atoms with van der Waals surface area (Å²) in [5.74, 6) is 0.212. The SMILES string of the molecule is CC(C(=O)N(C)C)N1CC(N2CCNCC2)C1. The van der Waals surface area contributed by atoms with Gasteiger partial charge in [0, 0.05) is 59.4 Å². The number of hydrogen-bond donors (Lipinski definition) is 1. The van der Waals surface area contributed by atoms with Gasteiger partial charge in [0.1, 0.15) is 0 Å². The van der Waals surface area contributed by atoms with Crippen molar-refractivity contribution in [3.05, 3.63) is 0 Å². The van der Waals surface area contributed by atoms with Gasteiger partial charge in [-0.3, -0.25) is 14.6 Å². The van der Waals surface area contributed by atoms with E-state index in [9.17, 15) is 4.79 Å². The lowest BCUT2D eigenvalue weighted by molar-refractivity contribution is -0.137. The minimum Gasteiger partial charge on any atom is -0.347 e. The summed E-state index contributed by atoms with van der Waals surface area (Å²) in [4.78, 5) is 18.3. The van der Waals surface area contributed by atoms with E-state index in [0.29, 0.717) is 6.04 Å². The number of likely N-dealkylation sites (tertiary alicyclic amines) is 1. The van der Waals surface area contributed by atoms with E-state index in [0.717, 1.165) is 39.3 Å². The summed E-state index contributed by atoms with van der Waals surface area (Å²) < 4.78 is 0. The van der Waals surface area contributed by atoms with E-state index in [2.05, 4.69) is 15.1 Å². The van der Waals surface area contributed by atoms with Gasteiger partial charge < -0.3 is 10.2 Å². The maximum Gasteiger partial charge on any atom is 0.239 e. The van der Waals surface area contributed by atoms with Crippen LogP contribution in [0.1, 0.15) is 6.92 Å². The molecule has 0 spiro atoms. The lowest BCUT2D eigenvalue weighted by Crippen LogP contribution is -2.66. The zero-order valence-corrected chi connectivity index (χ0v) is 11.1. The van der Waals surface area contributed by atoms with Crippen molar-refractivity contribution < 1.29 is 4.79 Å². The Morgan fingerprint density at radius 2 is 1.88 bits per heavy atom. The Morgan fingerprint density at radius 1 is 1.29 bits per heavy atom. The van der Waals surface area contributed by atoms with E-state index >= 15 is 0 Å². The smallest absolute Gasteiger partial charge is 0.239 e. The molecule has 0 saturated carbocycles. The molecule has 2 rings (SSSR count). The average Bonchev–Trinajstić information content (AvgIpc) is 2.27. The number of carbonyl (C=O) groups excluding carboxylic acids is 1. The van der Waals surface area contributed by atoms with Gasteiger partial charge in [-0.15, -0.1) is 0 Å². The van der Waals surface area contributed by atoms with Crippen LogP contribution in [-0.4, -0.2) is 86.1 Å². The van der Waals surface area contributed by atoms with Gasteiger partial charge in [0.25, 0.3) is 0 Å².